The van der Waals surface area contributed by atoms with Crippen LogP contribution in [0.5, 0.6) is 0 Å². The number of carbonyl (C=O) groups excluding carboxylic acids is 1. The van der Waals surface area contributed by atoms with Gasteiger partial charge in [0.2, 0.25) is 0 Å². The third-order valence-electron chi connectivity index (χ3n) is 4.62. The Morgan fingerprint density at radius 2 is 2.00 bits per heavy atom. The maximum atomic E-state index is 12.4. The van der Waals surface area contributed by atoms with E-state index in [0.717, 1.165) is 40.8 Å². The average molecular weight is 416 g/mol. The van der Waals surface area contributed by atoms with Crippen LogP contribution in [0.2, 0.25) is 0 Å². The number of carbonyl (C=O) groups is 1. The molecule has 1 aliphatic rings. The first kappa shape index (κ1) is 16.5. The van der Waals surface area contributed by atoms with E-state index < -0.39 is 0 Å². The summed E-state index contributed by atoms with van der Waals surface area (Å²) >= 11 is 4.90. The first-order chi connectivity index (χ1) is 12.2. The number of amides is 1. The van der Waals surface area contributed by atoms with E-state index >= 15 is 0 Å². The first-order valence-electron chi connectivity index (χ1n) is 8.35. The van der Waals surface area contributed by atoms with Gasteiger partial charge in [-0.3, -0.25) is 9.78 Å². The number of nitrogens with one attached hydrogen (secondary N) is 1. The molecule has 1 N–H and O–H groups in total. The molecule has 128 valence electrons. The lowest BCUT2D eigenvalue weighted by Crippen LogP contribution is -2.44. The zero-order valence-corrected chi connectivity index (χ0v) is 16.0. The van der Waals surface area contributed by atoms with E-state index in [1.165, 1.54) is 22.4 Å². The standard InChI is InChI=1S/C19H18BrN3OS/c20-15-8-12-25-18(15)19(24)22-13-6-10-23(11-7-13)17-5-9-21-16-4-2-1-3-14(16)17/h1-5,8-9,12-13H,6-7,10-11H2,(H,22,24). The molecule has 3 heterocycles. The van der Waals surface area contributed by atoms with Gasteiger partial charge in [-0.15, -0.1) is 11.3 Å². The van der Waals surface area contributed by atoms with Crippen molar-refractivity contribution in [2.75, 3.05) is 18.0 Å². The topological polar surface area (TPSA) is 45.2 Å². The fourth-order valence-electron chi connectivity index (χ4n) is 3.33. The van der Waals surface area contributed by atoms with Crippen LogP contribution in [-0.2, 0) is 0 Å². The number of benzene rings is 1. The fraction of sp³-hybridized carbons (Fsp3) is 0.263. The number of rotatable bonds is 3. The molecule has 0 atom stereocenters. The van der Waals surface area contributed by atoms with Crippen LogP contribution < -0.4 is 10.2 Å². The van der Waals surface area contributed by atoms with Crippen LogP contribution in [0.15, 0.2) is 52.4 Å². The molecule has 1 amide bonds. The normalized spacial score (nSPS) is 15.5. The number of halogens is 1. The minimum atomic E-state index is 0.0229. The molecular weight excluding hydrogens is 398 g/mol. The zero-order chi connectivity index (χ0) is 17.2. The molecule has 0 saturated carbocycles. The minimum Gasteiger partial charge on any atom is -0.371 e. The molecule has 1 fully saturated rings. The summed E-state index contributed by atoms with van der Waals surface area (Å²) in [6, 6.07) is 12.5. The van der Waals surface area contributed by atoms with Crippen LogP contribution in [0.1, 0.15) is 22.5 Å². The fourth-order valence-corrected chi connectivity index (χ4v) is 4.78. The van der Waals surface area contributed by atoms with Gasteiger partial charge in [0.05, 0.1) is 5.52 Å². The van der Waals surface area contributed by atoms with Crippen LogP contribution in [0.4, 0.5) is 5.69 Å². The Balaban J connectivity index is 1.43. The Morgan fingerprint density at radius 3 is 2.76 bits per heavy atom. The van der Waals surface area contributed by atoms with Crippen molar-refractivity contribution in [1.82, 2.24) is 10.3 Å². The first-order valence-corrected chi connectivity index (χ1v) is 10.0. The van der Waals surface area contributed by atoms with Gasteiger partial charge in [0.1, 0.15) is 4.88 Å². The predicted octanol–water partition coefficient (Wildman–Crippen LogP) is 4.46. The van der Waals surface area contributed by atoms with Gasteiger partial charge in [-0.25, -0.2) is 0 Å². The molecular formula is C19H18BrN3OS. The lowest BCUT2D eigenvalue weighted by molar-refractivity contribution is 0.0934. The Kier molecular flexibility index (Phi) is 4.72. The summed E-state index contributed by atoms with van der Waals surface area (Å²) in [7, 11) is 0. The number of thiophene rings is 1. The van der Waals surface area contributed by atoms with E-state index in [-0.39, 0.29) is 11.9 Å². The predicted molar refractivity (Wildman–Crippen MR) is 106 cm³/mol. The monoisotopic (exact) mass is 415 g/mol. The van der Waals surface area contributed by atoms with Crippen LogP contribution in [0.3, 0.4) is 0 Å². The molecule has 1 saturated heterocycles. The molecule has 2 aromatic heterocycles. The van der Waals surface area contributed by atoms with Gasteiger partial charge < -0.3 is 10.2 Å². The molecule has 4 nitrogen and oxygen atoms in total. The van der Waals surface area contributed by atoms with E-state index in [2.05, 4.69) is 49.3 Å². The van der Waals surface area contributed by atoms with E-state index in [1.54, 1.807) is 0 Å². The summed E-state index contributed by atoms with van der Waals surface area (Å²) in [5.74, 6) is 0.0229. The number of fused-ring (bicyclic) bond motifs is 1. The zero-order valence-electron chi connectivity index (χ0n) is 13.6. The van der Waals surface area contributed by atoms with Crippen molar-refractivity contribution in [3.05, 3.63) is 57.3 Å². The summed E-state index contributed by atoms with van der Waals surface area (Å²) in [5, 5.41) is 6.29. The average Bonchev–Trinajstić information content (AvgIpc) is 3.08. The van der Waals surface area contributed by atoms with E-state index in [4.69, 9.17) is 0 Å². The molecule has 4 rings (SSSR count). The van der Waals surface area contributed by atoms with Gasteiger partial charge in [-0.05, 0) is 52.4 Å². The smallest absolute Gasteiger partial charge is 0.262 e. The summed E-state index contributed by atoms with van der Waals surface area (Å²) in [4.78, 5) is 20.0. The van der Waals surface area contributed by atoms with Crippen molar-refractivity contribution in [1.29, 1.82) is 0 Å². The van der Waals surface area contributed by atoms with Crippen molar-refractivity contribution in [2.45, 2.75) is 18.9 Å². The molecule has 1 aromatic carbocycles. The van der Waals surface area contributed by atoms with Gasteiger partial charge in [-0.1, -0.05) is 18.2 Å². The minimum absolute atomic E-state index is 0.0229. The van der Waals surface area contributed by atoms with E-state index in [9.17, 15) is 4.79 Å². The highest BCUT2D eigenvalue weighted by molar-refractivity contribution is 9.10. The molecule has 0 aliphatic carbocycles. The number of nitrogens with zero attached hydrogens (tertiary/aromatic N) is 2. The van der Waals surface area contributed by atoms with Crippen molar-refractivity contribution in [2.24, 2.45) is 0 Å². The quantitative estimate of drug-likeness (QED) is 0.686. The maximum absolute atomic E-state index is 12.4. The lowest BCUT2D eigenvalue weighted by Gasteiger charge is -2.34. The molecule has 0 bridgehead atoms. The molecule has 0 unspecified atom stereocenters. The Morgan fingerprint density at radius 1 is 1.20 bits per heavy atom. The van der Waals surface area contributed by atoms with Gasteiger partial charge in [-0.2, -0.15) is 0 Å². The molecule has 6 heteroatoms. The van der Waals surface area contributed by atoms with Crippen LogP contribution in [0, 0.1) is 0 Å². The Bertz CT molecular complexity index is 897. The third-order valence-corrected chi connectivity index (χ3v) is 6.46. The summed E-state index contributed by atoms with van der Waals surface area (Å²) in [6.45, 7) is 1.87. The summed E-state index contributed by atoms with van der Waals surface area (Å²) in [5.41, 5.74) is 2.26. The van der Waals surface area contributed by atoms with E-state index in [1.807, 2.05) is 29.8 Å². The van der Waals surface area contributed by atoms with Crippen molar-refractivity contribution in [3.63, 3.8) is 0 Å². The summed E-state index contributed by atoms with van der Waals surface area (Å²) in [6.07, 6.45) is 3.77. The van der Waals surface area contributed by atoms with Crippen LogP contribution in [0.25, 0.3) is 10.9 Å². The van der Waals surface area contributed by atoms with Crippen molar-refractivity contribution < 1.29 is 4.79 Å². The van der Waals surface area contributed by atoms with Gasteiger partial charge in [0.15, 0.2) is 0 Å². The second-order valence-electron chi connectivity index (χ2n) is 6.18. The number of pyridine rings is 1. The third kappa shape index (κ3) is 3.41. The van der Waals surface area contributed by atoms with Gasteiger partial charge in [0, 0.05) is 40.9 Å². The lowest BCUT2D eigenvalue weighted by atomic mass is 10.0. The number of piperidine rings is 1. The molecule has 3 aromatic rings. The van der Waals surface area contributed by atoms with Crippen LogP contribution >= 0.6 is 27.3 Å². The second-order valence-corrected chi connectivity index (χ2v) is 7.95. The molecule has 25 heavy (non-hydrogen) atoms. The number of hydrogen-bond acceptors (Lipinski definition) is 4. The Hall–Kier alpha value is -1.92. The molecule has 0 radical (unpaired) electrons. The van der Waals surface area contributed by atoms with E-state index in [0.29, 0.717) is 0 Å². The van der Waals surface area contributed by atoms with Crippen LogP contribution in [-0.4, -0.2) is 30.0 Å². The van der Waals surface area contributed by atoms with Crippen molar-refractivity contribution in [3.8, 4) is 0 Å². The Labute approximate surface area is 159 Å². The SMILES string of the molecule is O=C(NC1CCN(c2ccnc3ccccc23)CC1)c1sccc1Br. The molecule has 0 spiro atoms. The highest BCUT2D eigenvalue weighted by atomic mass is 79.9. The van der Waals surface area contributed by atoms with Crippen molar-refractivity contribution >= 4 is 49.8 Å². The summed E-state index contributed by atoms with van der Waals surface area (Å²) < 4.78 is 0.871. The highest BCUT2D eigenvalue weighted by Crippen LogP contribution is 2.28. The van der Waals surface area contributed by atoms with Gasteiger partial charge >= 0.3 is 0 Å². The maximum Gasteiger partial charge on any atom is 0.262 e. The largest absolute Gasteiger partial charge is 0.371 e. The number of hydrogen-bond donors (Lipinski definition) is 1. The molecule has 1 aliphatic heterocycles. The number of aromatic nitrogens is 1. The number of anilines is 1. The number of para-hydroxylation sites is 1. The second kappa shape index (κ2) is 7.14. The van der Waals surface area contributed by atoms with Gasteiger partial charge in [0.25, 0.3) is 5.91 Å². The highest BCUT2D eigenvalue weighted by Gasteiger charge is 2.23.